The van der Waals surface area contributed by atoms with E-state index in [4.69, 9.17) is 14.2 Å². The highest BCUT2D eigenvalue weighted by Crippen LogP contribution is 2.31. The third kappa shape index (κ3) is 7.50. The molecule has 5 aromatic rings. The number of aromatic nitrogens is 1. The first-order valence-electron chi connectivity index (χ1n) is 13.9. The number of nitrogens with zero attached hydrogens (tertiary/aromatic N) is 1. The maximum absolute atomic E-state index is 11.9. The van der Waals surface area contributed by atoms with Crippen molar-refractivity contribution in [2.45, 2.75) is 44.2 Å². The summed E-state index contributed by atoms with van der Waals surface area (Å²) in [5.74, 6) is 0. The molecule has 0 aliphatic rings. The first kappa shape index (κ1) is 28.7. The maximum atomic E-state index is 11.9. The Morgan fingerprint density at radius 3 is 1.66 bits per heavy atom. The summed E-state index contributed by atoms with van der Waals surface area (Å²) in [6.07, 6.45) is -3.92. The van der Waals surface area contributed by atoms with Gasteiger partial charge in [0.05, 0.1) is 32.1 Å². The van der Waals surface area contributed by atoms with Gasteiger partial charge in [-0.3, -0.25) is 0 Å². The molecular weight excluding hydrogens is 514 g/mol. The molecule has 1 heterocycles. The normalized spacial score (nSPS) is 14.5. The van der Waals surface area contributed by atoms with Gasteiger partial charge >= 0.3 is 0 Å². The lowest BCUT2D eigenvalue weighted by molar-refractivity contribution is -0.178. The minimum Gasteiger partial charge on any atom is -0.388 e. The standard InChI is InChI=1S/C35H37NO5/c1-36-30-20-12-11-19-29(30)21-31(36)33(38)35(41-24-28-17-9-4-10-18-28)34(40-23-27-15-7-3-8-16-27)32(37)25-39-22-26-13-5-2-6-14-26/h2-21,32-35,37-38H,22-25H2,1H3/t32-,33-,34-,35+/m1/s1. The highest BCUT2D eigenvalue weighted by molar-refractivity contribution is 5.81. The molecule has 6 heteroatoms. The van der Waals surface area contributed by atoms with E-state index in [9.17, 15) is 10.2 Å². The van der Waals surface area contributed by atoms with Gasteiger partial charge in [-0.1, -0.05) is 109 Å². The van der Waals surface area contributed by atoms with E-state index >= 15 is 0 Å². The Hall–Kier alpha value is -3.78. The molecular formula is C35H37NO5. The lowest BCUT2D eigenvalue weighted by Crippen LogP contribution is -2.46. The second-order valence-corrected chi connectivity index (χ2v) is 10.2. The highest BCUT2D eigenvalue weighted by atomic mass is 16.6. The molecule has 5 rings (SSSR count). The number of aryl methyl sites for hydroxylation is 1. The van der Waals surface area contributed by atoms with Crippen LogP contribution in [-0.2, 0) is 41.1 Å². The summed E-state index contributed by atoms with van der Waals surface area (Å²) in [4.78, 5) is 0. The predicted molar refractivity (Wildman–Crippen MR) is 160 cm³/mol. The van der Waals surface area contributed by atoms with Gasteiger partial charge < -0.3 is 29.0 Å². The molecule has 6 nitrogen and oxygen atoms in total. The molecule has 0 aliphatic carbocycles. The zero-order valence-corrected chi connectivity index (χ0v) is 23.3. The Morgan fingerprint density at radius 1 is 0.610 bits per heavy atom. The molecule has 0 spiro atoms. The van der Waals surface area contributed by atoms with Gasteiger partial charge in [0.25, 0.3) is 0 Å². The van der Waals surface area contributed by atoms with Crippen LogP contribution in [0, 0.1) is 0 Å². The van der Waals surface area contributed by atoms with Gasteiger partial charge in [-0.25, -0.2) is 0 Å². The van der Waals surface area contributed by atoms with Crippen molar-refractivity contribution in [2.24, 2.45) is 7.05 Å². The van der Waals surface area contributed by atoms with Gasteiger partial charge in [0.1, 0.15) is 24.4 Å². The molecule has 0 fully saturated rings. The molecule has 0 aliphatic heterocycles. The number of fused-ring (bicyclic) bond motifs is 1. The molecule has 4 atom stereocenters. The molecule has 0 saturated heterocycles. The van der Waals surface area contributed by atoms with Crippen LogP contribution in [0.1, 0.15) is 28.5 Å². The Bertz CT molecular complexity index is 1470. The summed E-state index contributed by atoms with van der Waals surface area (Å²) in [5.41, 5.74) is 4.59. The Balaban J connectivity index is 1.43. The molecule has 212 valence electrons. The molecule has 1 aromatic heterocycles. The van der Waals surface area contributed by atoms with Crippen LogP contribution >= 0.6 is 0 Å². The number of hydrogen-bond donors (Lipinski definition) is 2. The molecule has 0 radical (unpaired) electrons. The zero-order valence-electron chi connectivity index (χ0n) is 23.3. The van der Waals surface area contributed by atoms with Gasteiger partial charge in [0, 0.05) is 12.6 Å². The van der Waals surface area contributed by atoms with E-state index in [1.807, 2.05) is 133 Å². The lowest BCUT2D eigenvalue weighted by atomic mass is 9.99. The van der Waals surface area contributed by atoms with Gasteiger partial charge in [-0.2, -0.15) is 0 Å². The summed E-state index contributed by atoms with van der Waals surface area (Å²) in [6, 6.07) is 39.3. The smallest absolute Gasteiger partial charge is 0.123 e. The molecule has 0 amide bonds. The van der Waals surface area contributed by atoms with Crippen molar-refractivity contribution in [1.29, 1.82) is 0 Å². The summed E-state index contributed by atoms with van der Waals surface area (Å²) in [7, 11) is 1.92. The number of aliphatic hydroxyl groups excluding tert-OH is 2. The molecule has 0 unspecified atom stereocenters. The third-order valence-corrected chi connectivity index (χ3v) is 7.28. The quantitative estimate of drug-likeness (QED) is 0.178. The number of rotatable bonds is 14. The molecule has 0 bridgehead atoms. The fourth-order valence-electron chi connectivity index (χ4n) is 5.05. The topological polar surface area (TPSA) is 73.1 Å². The van der Waals surface area contributed by atoms with Crippen LogP contribution in [0.15, 0.2) is 121 Å². The average molecular weight is 552 g/mol. The van der Waals surface area contributed by atoms with Crippen molar-refractivity contribution in [1.82, 2.24) is 4.57 Å². The predicted octanol–water partition coefficient (Wildman–Crippen LogP) is 5.96. The van der Waals surface area contributed by atoms with Crippen LogP contribution < -0.4 is 0 Å². The molecule has 0 saturated carbocycles. The van der Waals surface area contributed by atoms with Gasteiger partial charge in [-0.15, -0.1) is 0 Å². The number of aliphatic hydroxyl groups is 2. The molecule has 4 aromatic carbocycles. The number of para-hydroxylation sites is 1. The first-order chi connectivity index (χ1) is 20.1. The summed E-state index contributed by atoms with van der Waals surface area (Å²) in [6.45, 7) is 0.857. The van der Waals surface area contributed by atoms with E-state index in [0.29, 0.717) is 12.3 Å². The summed E-state index contributed by atoms with van der Waals surface area (Å²) >= 11 is 0. The maximum Gasteiger partial charge on any atom is 0.123 e. The molecule has 41 heavy (non-hydrogen) atoms. The SMILES string of the molecule is Cn1c([C@@H](O)[C@H](OCc2ccccc2)[C@H](OCc2ccccc2)[C@H](O)COCc2ccccc2)cc2ccccc21. The van der Waals surface area contributed by atoms with Crippen LogP contribution in [0.5, 0.6) is 0 Å². The molecule has 2 N–H and O–H groups in total. The van der Waals surface area contributed by atoms with Crippen LogP contribution in [0.25, 0.3) is 10.9 Å². The minimum atomic E-state index is -1.08. The van der Waals surface area contributed by atoms with E-state index in [1.54, 1.807) is 0 Å². The largest absolute Gasteiger partial charge is 0.388 e. The Kier molecular flexibility index (Phi) is 9.96. The van der Waals surface area contributed by atoms with Gasteiger partial charge in [0.15, 0.2) is 0 Å². The van der Waals surface area contributed by atoms with Gasteiger partial charge in [-0.05, 0) is 34.2 Å². The number of hydrogen-bond acceptors (Lipinski definition) is 5. The van der Waals surface area contributed by atoms with Crippen LogP contribution in [-0.4, -0.2) is 39.7 Å². The number of ether oxygens (including phenoxy) is 3. The van der Waals surface area contributed by atoms with Crippen LogP contribution in [0.2, 0.25) is 0 Å². The third-order valence-electron chi connectivity index (χ3n) is 7.28. The average Bonchev–Trinajstić information content (AvgIpc) is 3.36. The van der Waals surface area contributed by atoms with E-state index in [0.717, 1.165) is 27.6 Å². The van der Waals surface area contributed by atoms with Crippen molar-refractivity contribution in [3.63, 3.8) is 0 Å². The Labute approximate surface area is 241 Å². The fourth-order valence-corrected chi connectivity index (χ4v) is 5.05. The highest BCUT2D eigenvalue weighted by Gasteiger charge is 2.38. The summed E-state index contributed by atoms with van der Waals surface area (Å²) < 4.78 is 20.7. The van der Waals surface area contributed by atoms with Gasteiger partial charge in [0.2, 0.25) is 0 Å². The van der Waals surface area contributed by atoms with E-state index in [-0.39, 0.29) is 19.8 Å². The minimum absolute atomic E-state index is 0.0153. The van der Waals surface area contributed by atoms with Crippen molar-refractivity contribution >= 4 is 10.9 Å². The monoisotopic (exact) mass is 551 g/mol. The van der Waals surface area contributed by atoms with E-state index < -0.39 is 24.4 Å². The van der Waals surface area contributed by atoms with Crippen molar-refractivity contribution in [3.8, 4) is 0 Å². The van der Waals surface area contributed by atoms with Crippen LogP contribution in [0.4, 0.5) is 0 Å². The van der Waals surface area contributed by atoms with E-state index in [2.05, 4.69) is 0 Å². The first-order valence-corrected chi connectivity index (χ1v) is 13.9. The van der Waals surface area contributed by atoms with Crippen LogP contribution in [0.3, 0.4) is 0 Å². The second kappa shape index (κ2) is 14.2. The Morgan fingerprint density at radius 2 is 1.10 bits per heavy atom. The van der Waals surface area contributed by atoms with Crippen molar-refractivity contribution in [2.75, 3.05) is 6.61 Å². The van der Waals surface area contributed by atoms with Crippen molar-refractivity contribution in [3.05, 3.63) is 144 Å². The fraction of sp³-hybridized carbons (Fsp3) is 0.257. The van der Waals surface area contributed by atoms with E-state index in [1.165, 1.54) is 0 Å². The summed E-state index contributed by atoms with van der Waals surface area (Å²) in [5, 5.41) is 24.4. The number of benzene rings is 4. The second-order valence-electron chi connectivity index (χ2n) is 10.2. The lowest BCUT2D eigenvalue weighted by Gasteiger charge is -2.34. The zero-order chi connectivity index (χ0) is 28.4. The van der Waals surface area contributed by atoms with Crippen molar-refractivity contribution < 1.29 is 24.4 Å².